The van der Waals surface area contributed by atoms with E-state index in [1.54, 1.807) is 6.20 Å². The first-order chi connectivity index (χ1) is 19.6. The van der Waals surface area contributed by atoms with Gasteiger partial charge in [0.25, 0.3) is 0 Å². The maximum atomic E-state index is 13.4. The fourth-order valence-electron chi connectivity index (χ4n) is 4.23. The molecule has 218 valence electrons. The van der Waals surface area contributed by atoms with Gasteiger partial charge in [-0.2, -0.15) is 12.6 Å². The van der Waals surface area contributed by atoms with Crippen LogP contribution < -0.4 is 21.7 Å². The predicted octanol–water partition coefficient (Wildman–Crippen LogP) is 0.614. The van der Waals surface area contributed by atoms with Crippen molar-refractivity contribution in [3.8, 4) is 0 Å². The van der Waals surface area contributed by atoms with Crippen LogP contribution in [0.5, 0.6) is 0 Å². The summed E-state index contributed by atoms with van der Waals surface area (Å²) in [7, 11) is 0. The minimum Gasteiger partial charge on any atom is -0.481 e. The lowest BCUT2D eigenvalue weighted by Gasteiger charge is -2.24. The minimum absolute atomic E-state index is 0.0664. The van der Waals surface area contributed by atoms with E-state index in [1.807, 2.05) is 54.6 Å². The number of aromatic nitrogens is 1. The van der Waals surface area contributed by atoms with Crippen molar-refractivity contribution < 1.29 is 34.2 Å². The smallest absolute Gasteiger partial charge is 0.326 e. The zero-order chi connectivity index (χ0) is 29.9. The number of carboxylic acid groups (broad SMARTS) is 2. The third-order valence-corrected chi connectivity index (χ3v) is 6.81. The number of carbonyl (C=O) groups is 5. The van der Waals surface area contributed by atoms with Gasteiger partial charge < -0.3 is 36.9 Å². The van der Waals surface area contributed by atoms with E-state index in [1.165, 1.54) is 0 Å². The predicted molar refractivity (Wildman–Crippen MR) is 154 cm³/mol. The van der Waals surface area contributed by atoms with Crippen LogP contribution in [0.3, 0.4) is 0 Å². The molecule has 0 spiro atoms. The van der Waals surface area contributed by atoms with Gasteiger partial charge in [-0.15, -0.1) is 0 Å². The number of carbonyl (C=O) groups excluding carboxylic acids is 3. The first-order valence-electron chi connectivity index (χ1n) is 12.9. The Morgan fingerprint density at radius 2 is 1.41 bits per heavy atom. The van der Waals surface area contributed by atoms with E-state index >= 15 is 0 Å². The van der Waals surface area contributed by atoms with Crippen LogP contribution in [-0.2, 0) is 36.8 Å². The molecule has 0 aliphatic carbocycles. The van der Waals surface area contributed by atoms with Crippen molar-refractivity contribution in [1.82, 2.24) is 20.9 Å². The zero-order valence-corrected chi connectivity index (χ0v) is 23.0. The van der Waals surface area contributed by atoms with Crippen molar-refractivity contribution in [2.75, 3.05) is 5.75 Å². The number of benzene rings is 2. The van der Waals surface area contributed by atoms with Crippen molar-refractivity contribution in [1.29, 1.82) is 0 Å². The summed E-state index contributed by atoms with van der Waals surface area (Å²) in [5.41, 5.74) is 8.57. The molecule has 4 unspecified atom stereocenters. The lowest BCUT2D eigenvalue weighted by molar-refractivity contribution is -0.143. The summed E-state index contributed by atoms with van der Waals surface area (Å²) in [6.45, 7) is 0. The normalized spacial score (nSPS) is 13.9. The molecule has 1 aromatic heterocycles. The molecule has 0 fully saturated rings. The number of nitrogens with one attached hydrogen (secondary N) is 4. The van der Waals surface area contributed by atoms with Crippen LogP contribution in [0, 0.1) is 0 Å². The molecular weight excluding hydrogens is 550 g/mol. The van der Waals surface area contributed by atoms with E-state index < -0.39 is 60.2 Å². The third kappa shape index (κ3) is 9.08. The summed E-state index contributed by atoms with van der Waals surface area (Å²) in [6.07, 6.45) is 1.21. The molecule has 3 amide bonds. The maximum absolute atomic E-state index is 13.4. The summed E-state index contributed by atoms with van der Waals surface area (Å²) >= 11 is 4.12. The van der Waals surface area contributed by atoms with Crippen LogP contribution in [0.25, 0.3) is 10.9 Å². The number of fused-ring (bicyclic) bond motifs is 1. The fraction of sp³-hybridized carbons (Fsp3) is 0.321. The summed E-state index contributed by atoms with van der Waals surface area (Å²) in [4.78, 5) is 64.8. The highest BCUT2D eigenvalue weighted by Gasteiger charge is 2.30. The van der Waals surface area contributed by atoms with Gasteiger partial charge in [0.2, 0.25) is 17.7 Å². The first kappa shape index (κ1) is 31.2. The fourth-order valence-corrected chi connectivity index (χ4v) is 4.49. The molecule has 0 saturated heterocycles. The summed E-state index contributed by atoms with van der Waals surface area (Å²) in [6, 6.07) is 11.8. The van der Waals surface area contributed by atoms with Crippen molar-refractivity contribution in [2.45, 2.75) is 49.9 Å². The van der Waals surface area contributed by atoms with E-state index in [2.05, 4.69) is 33.6 Å². The van der Waals surface area contributed by atoms with E-state index in [0.717, 1.165) is 22.0 Å². The van der Waals surface area contributed by atoms with E-state index in [0.29, 0.717) is 0 Å². The maximum Gasteiger partial charge on any atom is 0.326 e. The number of hydrogen-bond donors (Lipinski definition) is 8. The molecule has 3 aromatic rings. The second kappa shape index (κ2) is 14.9. The van der Waals surface area contributed by atoms with Crippen LogP contribution in [0.15, 0.2) is 60.8 Å². The van der Waals surface area contributed by atoms with Gasteiger partial charge in [0.05, 0.1) is 6.04 Å². The molecule has 41 heavy (non-hydrogen) atoms. The highest BCUT2D eigenvalue weighted by molar-refractivity contribution is 7.80. The van der Waals surface area contributed by atoms with Gasteiger partial charge in [0.15, 0.2) is 0 Å². The van der Waals surface area contributed by atoms with Crippen molar-refractivity contribution in [3.63, 3.8) is 0 Å². The molecule has 0 aliphatic rings. The van der Waals surface area contributed by atoms with E-state index in [-0.39, 0.29) is 25.0 Å². The number of amides is 3. The molecular formula is C28H33N5O7S. The molecule has 4 atom stereocenters. The standard InChI is InChI=1S/C28H33N5O7S/c29-19(12-16-6-2-1-3-7-16)25(36)32-22(13-17-14-30-20-9-5-4-8-18(17)20)26(37)33-23(15-41)27(38)31-21(28(39)40)10-11-24(34)35/h1-9,14,19,21-23,30,41H,10-13,15,29H2,(H,31,38)(H,32,36)(H,33,37)(H,34,35)(H,39,40). The number of H-pyrrole nitrogens is 1. The number of para-hydroxylation sites is 1. The lowest BCUT2D eigenvalue weighted by Crippen LogP contribution is -2.58. The Bertz CT molecular complexity index is 1380. The summed E-state index contributed by atoms with van der Waals surface area (Å²) in [5, 5.41) is 26.5. The average molecular weight is 584 g/mol. The van der Waals surface area contributed by atoms with Gasteiger partial charge in [-0.3, -0.25) is 19.2 Å². The monoisotopic (exact) mass is 583 g/mol. The van der Waals surface area contributed by atoms with Crippen LogP contribution >= 0.6 is 12.6 Å². The zero-order valence-electron chi connectivity index (χ0n) is 22.1. The molecule has 0 radical (unpaired) electrons. The number of aromatic amines is 1. The van der Waals surface area contributed by atoms with Gasteiger partial charge in [-0.1, -0.05) is 48.5 Å². The number of rotatable bonds is 15. The SMILES string of the molecule is NC(Cc1ccccc1)C(=O)NC(Cc1c[nH]c2ccccc12)C(=O)NC(CS)C(=O)NC(CCC(=O)O)C(=O)O. The summed E-state index contributed by atoms with van der Waals surface area (Å²) < 4.78 is 0. The number of carboxylic acids is 2. The Balaban J connectivity index is 1.77. The van der Waals surface area contributed by atoms with Gasteiger partial charge in [-0.05, 0) is 30.0 Å². The largest absolute Gasteiger partial charge is 0.481 e. The molecule has 12 nitrogen and oxygen atoms in total. The first-order valence-corrected chi connectivity index (χ1v) is 13.5. The quantitative estimate of drug-likeness (QED) is 0.119. The average Bonchev–Trinajstić information content (AvgIpc) is 3.36. The van der Waals surface area contributed by atoms with Gasteiger partial charge in [-0.25, -0.2) is 4.79 Å². The lowest BCUT2D eigenvalue weighted by atomic mass is 10.0. The van der Waals surface area contributed by atoms with Crippen LogP contribution in [0.2, 0.25) is 0 Å². The number of thiol groups is 1. The highest BCUT2D eigenvalue weighted by atomic mass is 32.1. The minimum atomic E-state index is -1.48. The number of nitrogens with two attached hydrogens (primary N) is 1. The molecule has 0 saturated carbocycles. The Hall–Kier alpha value is -4.36. The molecule has 3 rings (SSSR count). The van der Waals surface area contributed by atoms with E-state index in [9.17, 15) is 29.1 Å². The highest BCUT2D eigenvalue weighted by Crippen LogP contribution is 2.19. The number of hydrogen-bond acceptors (Lipinski definition) is 7. The van der Waals surface area contributed by atoms with Gasteiger partial charge in [0.1, 0.15) is 18.1 Å². The Morgan fingerprint density at radius 3 is 2.07 bits per heavy atom. The second-order valence-corrected chi connectivity index (χ2v) is 9.86. The van der Waals surface area contributed by atoms with Gasteiger partial charge >= 0.3 is 11.9 Å². The third-order valence-electron chi connectivity index (χ3n) is 6.44. The Labute approximate surface area is 241 Å². The van der Waals surface area contributed by atoms with Crippen LogP contribution in [0.1, 0.15) is 24.0 Å². The topological polar surface area (TPSA) is 204 Å². The molecule has 0 bridgehead atoms. The van der Waals surface area contributed by atoms with Crippen molar-refractivity contribution in [2.24, 2.45) is 5.73 Å². The Morgan fingerprint density at radius 1 is 0.805 bits per heavy atom. The molecule has 0 aliphatic heterocycles. The number of aliphatic carboxylic acids is 2. The molecule has 1 heterocycles. The van der Waals surface area contributed by atoms with Crippen molar-refractivity contribution >= 4 is 53.2 Å². The molecule has 8 N–H and O–H groups in total. The summed E-state index contributed by atoms with van der Waals surface area (Å²) in [5.74, 6) is -4.96. The molecule has 13 heteroatoms. The Kier molecular flexibility index (Phi) is 11.3. The van der Waals surface area contributed by atoms with Crippen LogP contribution in [0.4, 0.5) is 0 Å². The van der Waals surface area contributed by atoms with Crippen LogP contribution in [-0.4, -0.2) is 74.8 Å². The van der Waals surface area contributed by atoms with Crippen molar-refractivity contribution in [3.05, 3.63) is 71.9 Å². The second-order valence-electron chi connectivity index (χ2n) is 9.50. The van der Waals surface area contributed by atoms with E-state index in [4.69, 9.17) is 10.8 Å². The molecule has 2 aromatic carbocycles. The van der Waals surface area contributed by atoms with Gasteiger partial charge in [0, 0.05) is 35.7 Å².